The molecular formula is C25H23F2N5O3. The number of nitrogens with one attached hydrogen (secondary N) is 2. The maximum Gasteiger partial charge on any atom is 0.252 e. The van der Waals surface area contributed by atoms with Crippen LogP contribution in [-0.4, -0.2) is 57.0 Å². The third kappa shape index (κ3) is 5.56. The molecule has 4 aromatic rings. The Balaban J connectivity index is 1.64. The van der Waals surface area contributed by atoms with E-state index in [0.29, 0.717) is 17.1 Å². The van der Waals surface area contributed by atoms with Crippen LogP contribution in [0.1, 0.15) is 16.2 Å². The van der Waals surface area contributed by atoms with Gasteiger partial charge in [-0.3, -0.25) is 9.89 Å². The first-order valence-corrected chi connectivity index (χ1v) is 10.8. The monoisotopic (exact) mass is 479 g/mol. The van der Waals surface area contributed by atoms with E-state index in [1.54, 1.807) is 36.7 Å². The van der Waals surface area contributed by atoms with Gasteiger partial charge in [-0.05, 0) is 54.1 Å². The average molecular weight is 479 g/mol. The summed E-state index contributed by atoms with van der Waals surface area (Å²) in [4.78, 5) is 21.6. The van der Waals surface area contributed by atoms with Gasteiger partial charge in [-0.1, -0.05) is 6.07 Å². The van der Waals surface area contributed by atoms with Crippen molar-refractivity contribution >= 4 is 5.91 Å². The predicted octanol–water partition coefficient (Wildman–Crippen LogP) is 3.16. The lowest BCUT2D eigenvalue weighted by atomic mass is 10.0. The molecule has 0 aliphatic rings. The molecule has 0 fully saturated rings. The lowest BCUT2D eigenvalue weighted by molar-refractivity contribution is 0.0211. The highest BCUT2D eigenvalue weighted by molar-refractivity contribution is 6.01. The number of hydrogen-bond donors (Lipinski definition) is 3. The molecule has 2 heterocycles. The van der Waals surface area contributed by atoms with Crippen molar-refractivity contribution in [3.05, 3.63) is 90.0 Å². The topological polar surface area (TPSA) is 113 Å². The number of carbonyl (C=O) groups excluding carboxylic acids is 1. The maximum absolute atomic E-state index is 15.0. The van der Waals surface area contributed by atoms with E-state index >= 15 is 0 Å². The number of carbonyl (C=O) groups is 1. The minimum Gasteiger partial charge on any atom is -0.394 e. The number of amides is 1. The van der Waals surface area contributed by atoms with Crippen LogP contribution in [0.25, 0.3) is 22.5 Å². The number of benzene rings is 2. The van der Waals surface area contributed by atoms with Crippen LogP contribution in [0.15, 0.2) is 67.0 Å². The van der Waals surface area contributed by atoms with Gasteiger partial charge in [-0.25, -0.2) is 18.7 Å². The second kappa shape index (κ2) is 10.9. The smallest absolute Gasteiger partial charge is 0.252 e. The van der Waals surface area contributed by atoms with Crippen molar-refractivity contribution in [1.29, 1.82) is 0 Å². The summed E-state index contributed by atoms with van der Waals surface area (Å²) in [5.74, 6) is -1.15. The summed E-state index contributed by atoms with van der Waals surface area (Å²) in [5.41, 5.74) is 1.45. The van der Waals surface area contributed by atoms with Crippen molar-refractivity contribution < 1.29 is 23.4 Å². The zero-order valence-electron chi connectivity index (χ0n) is 18.8. The van der Waals surface area contributed by atoms with E-state index in [1.165, 1.54) is 37.4 Å². The molecule has 0 unspecified atom stereocenters. The second-order valence-electron chi connectivity index (χ2n) is 7.74. The highest BCUT2D eigenvalue weighted by Gasteiger charge is 2.27. The molecule has 0 saturated heterocycles. The highest BCUT2D eigenvalue weighted by atomic mass is 19.1. The molecule has 2 atom stereocenters. The molecule has 4 rings (SSSR count). The summed E-state index contributed by atoms with van der Waals surface area (Å²) in [6.45, 7) is -0.356. The zero-order chi connectivity index (χ0) is 24.8. The Kier molecular flexibility index (Phi) is 7.54. The molecule has 2 aromatic heterocycles. The Morgan fingerprint density at radius 3 is 2.54 bits per heavy atom. The second-order valence-corrected chi connectivity index (χ2v) is 7.74. The van der Waals surface area contributed by atoms with Crippen molar-refractivity contribution in [1.82, 2.24) is 25.5 Å². The van der Waals surface area contributed by atoms with Gasteiger partial charge in [-0.15, -0.1) is 0 Å². The Labute approximate surface area is 200 Å². The Bertz CT molecular complexity index is 1280. The maximum atomic E-state index is 15.0. The van der Waals surface area contributed by atoms with E-state index in [-0.39, 0.29) is 35.7 Å². The molecule has 2 aromatic carbocycles. The molecule has 0 bridgehead atoms. The molecule has 1 amide bonds. The van der Waals surface area contributed by atoms with Gasteiger partial charge in [0.05, 0.1) is 35.2 Å². The van der Waals surface area contributed by atoms with Crippen LogP contribution in [-0.2, 0) is 11.2 Å². The molecule has 10 heteroatoms. The number of aromatic amines is 1. The number of rotatable bonds is 9. The predicted molar refractivity (Wildman–Crippen MR) is 124 cm³/mol. The number of nitrogens with zero attached hydrogens (tertiary/aromatic N) is 3. The molecular weight excluding hydrogens is 456 g/mol. The molecule has 35 heavy (non-hydrogen) atoms. The standard InChI is InChI=1S/C25H23F2N5O3/c1-35-22(14-33)20(13-23-28-10-3-11-29-23)30-25(34)17-4-2-5-18(27)24(17)21-12-19(31-32-21)15-6-8-16(26)9-7-15/h2-12,20,22,33H,13-14H2,1H3,(H,30,34)(H,31,32)/t20-,22-/m1/s1. The lowest BCUT2D eigenvalue weighted by Crippen LogP contribution is -2.47. The van der Waals surface area contributed by atoms with Gasteiger partial charge in [0.1, 0.15) is 23.6 Å². The van der Waals surface area contributed by atoms with Gasteiger partial charge >= 0.3 is 0 Å². The third-order valence-corrected chi connectivity index (χ3v) is 5.52. The molecule has 0 saturated carbocycles. The van der Waals surface area contributed by atoms with E-state index in [4.69, 9.17) is 4.74 Å². The van der Waals surface area contributed by atoms with Gasteiger partial charge in [0.15, 0.2) is 0 Å². The number of halogens is 2. The average Bonchev–Trinajstić information content (AvgIpc) is 3.35. The van der Waals surface area contributed by atoms with Crippen LogP contribution in [0.2, 0.25) is 0 Å². The Morgan fingerprint density at radius 2 is 1.86 bits per heavy atom. The van der Waals surface area contributed by atoms with Gasteiger partial charge < -0.3 is 15.2 Å². The van der Waals surface area contributed by atoms with E-state index in [9.17, 15) is 18.7 Å². The number of methoxy groups -OCH3 is 1. The first kappa shape index (κ1) is 24.1. The minimum absolute atomic E-state index is 0.00212. The zero-order valence-corrected chi connectivity index (χ0v) is 18.8. The largest absolute Gasteiger partial charge is 0.394 e. The Morgan fingerprint density at radius 1 is 1.11 bits per heavy atom. The molecule has 8 nitrogen and oxygen atoms in total. The van der Waals surface area contributed by atoms with Crippen LogP contribution in [0.5, 0.6) is 0 Å². The molecule has 0 spiro atoms. The van der Waals surface area contributed by atoms with Crippen LogP contribution in [0.3, 0.4) is 0 Å². The number of H-pyrrole nitrogens is 1. The van der Waals surface area contributed by atoms with Crippen molar-refractivity contribution in [3.63, 3.8) is 0 Å². The van der Waals surface area contributed by atoms with Crippen LogP contribution < -0.4 is 5.32 Å². The minimum atomic E-state index is -0.741. The summed E-state index contributed by atoms with van der Waals surface area (Å²) in [7, 11) is 1.42. The first-order valence-electron chi connectivity index (χ1n) is 10.8. The summed E-state index contributed by atoms with van der Waals surface area (Å²) >= 11 is 0. The Hall–Kier alpha value is -4.02. The van der Waals surface area contributed by atoms with E-state index in [0.717, 1.165) is 0 Å². The summed E-state index contributed by atoms with van der Waals surface area (Å²) < 4.78 is 33.6. The van der Waals surface area contributed by atoms with Crippen molar-refractivity contribution in [2.24, 2.45) is 0 Å². The fraction of sp³-hybridized carbons (Fsp3) is 0.200. The summed E-state index contributed by atoms with van der Waals surface area (Å²) in [6, 6.07) is 12.5. The summed E-state index contributed by atoms with van der Waals surface area (Å²) in [6.07, 6.45) is 2.59. The van der Waals surface area contributed by atoms with Gasteiger partial charge in [0.25, 0.3) is 5.91 Å². The number of ether oxygens (including phenoxy) is 1. The lowest BCUT2D eigenvalue weighted by Gasteiger charge is -2.25. The number of aliphatic hydroxyl groups is 1. The number of aromatic nitrogens is 4. The van der Waals surface area contributed by atoms with Gasteiger partial charge in [0, 0.05) is 25.9 Å². The van der Waals surface area contributed by atoms with Crippen LogP contribution in [0, 0.1) is 11.6 Å². The quantitative estimate of drug-likeness (QED) is 0.340. The van der Waals surface area contributed by atoms with Gasteiger partial charge in [0.2, 0.25) is 0 Å². The SMILES string of the molecule is CO[C@H](CO)[C@@H](Cc1ncccn1)NC(=O)c1cccc(F)c1-c1cc(-c2ccc(F)cc2)[nH]n1. The molecule has 0 aliphatic heterocycles. The fourth-order valence-electron chi connectivity index (χ4n) is 3.72. The normalized spacial score (nSPS) is 12.8. The van der Waals surface area contributed by atoms with Crippen LogP contribution in [0.4, 0.5) is 8.78 Å². The molecule has 180 valence electrons. The van der Waals surface area contributed by atoms with E-state index in [1.807, 2.05) is 0 Å². The molecule has 0 radical (unpaired) electrons. The number of aliphatic hydroxyl groups excluding tert-OH is 1. The van der Waals surface area contributed by atoms with Crippen molar-refractivity contribution in [3.8, 4) is 22.5 Å². The molecule has 0 aliphatic carbocycles. The fourth-order valence-corrected chi connectivity index (χ4v) is 3.72. The molecule has 3 N–H and O–H groups in total. The number of hydrogen-bond acceptors (Lipinski definition) is 6. The highest BCUT2D eigenvalue weighted by Crippen LogP contribution is 2.29. The van der Waals surface area contributed by atoms with E-state index in [2.05, 4.69) is 25.5 Å². The van der Waals surface area contributed by atoms with Crippen molar-refractivity contribution in [2.75, 3.05) is 13.7 Å². The van der Waals surface area contributed by atoms with Gasteiger partial charge in [-0.2, -0.15) is 5.10 Å². The van der Waals surface area contributed by atoms with Crippen LogP contribution >= 0.6 is 0 Å². The van der Waals surface area contributed by atoms with E-state index < -0.39 is 23.9 Å². The van der Waals surface area contributed by atoms with Crippen molar-refractivity contribution in [2.45, 2.75) is 18.6 Å². The summed E-state index contributed by atoms with van der Waals surface area (Å²) in [5, 5.41) is 19.5. The third-order valence-electron chi connectivity index (χ3n) is 5.52. The first-order chi connectivity index (χ1) is 17.0.